The second-order valence-corrected chi connectivity index (χ2v) is 9.49. The number of carbonyl (C=O) groups is 1. The van der Waals surface area contributed by atoms with E-state index >= 15 is 0 Å². The van der Waals surface area contributed by atoms with Gasteiger partial charge in [0, 0.05) is 25.9 Å². The third kappa shape index (κ3) is 4.28. The number of fused-ring (bicyclic) bond motifs is 1. The minimum Gasteiger partial charge on any atom is -0.376 e. The van der Waals surface area contributed by atoms with Gasteiger partial charge in [-0.25, -0.2) is 4.98 Å². The number of carbonyl (C=O) groups excluding carboxylic acids is 1. The maximum Gasteiger partial charge on any atom is 0.267 e. The van der Waals surface area contributed by atoms with Crippen molar-refractivity contribution in [3.05, 3.63) is 45.2 Å². The molecule has 158 valence electrons. The van der Waals surface area contributed by atoms with Gasteiger partial charge >= 0.3 is 0 Å². The smallest absolute Gasteiger partial charge is 0.267 e. The van der Waals surface area contributed by atoms with E-state index in [1.165, 1.54) is 16.2 Å². The van der Waals surface area contributed by atoms with Crippen molar-refractivity contribution in [2.45, 2.75) is 32.8 Å². The lowest BCUT2D eigenvalue weighted by molar-refractivity contribution is -0.122. The number of thioether (sulfide) groups is 1. The molecular formula is C21H24N4O3S2. The van der Waals surface area contributed by atoms with Crippen LogP contribution in [0.4, 0.5) is 5.82 Å². The number of nitrogens with zero attached hydrogens (tertiary/aromatic N) is 3. The summed E-state index contributed by atoms with van der Waals surface area (Å²) in [6.07, 6.45) is 5.40. The SMILES string of the molecule is CC(C)CN1C(=O)/C(=C/c2c(NC[C@H]3CCCO3)nc3ccccn3c2=O)SC1=S. The molecule has 0 aromatic carbocycles. The van der Waals surface area contributed by atoms with Crippen molar-refractivity contribution >= 4 is 51.7 Å². The summed E-state index contributed by atoms with van der Waals surface area (Å²) < 4.78 is 7.68. The molecular weight excluding hydrogens is 420 g/mol. The molecule has 2 aliphatic rings. The van der Waals surface area contributed by atoms with Crippen LogP contribution in [0.25, 0.3) is 11.7 Å². The normalized spacial score (nSPS) is 20.8. The molecule has 2 aromatic rings. The molecule has 2 aliphatic heterocycles. The molecule has 0 bridgehead atoms. The van der Waals surface area contributed by atoms with Crippen LogP contribution in [0.1, 0.15) is 32.3 Å². The topological polar surface area (TPSA) is 75.9 Å². The van der Waals surface area contributed by atoms with Crippen LogP contribution in [0, 0.1) is 5.92 Å². The van der Waals surface area contributed by atoms with E-state index in [2.05, 4.69) is 10.3 Å². The van der Waals surface area contributed by atoms with Crippen molar-refractivity contribution in [2.24, 2.45) is 5.92 Å². The number of ether oxygens (including phenoxy) is 1. The Morgan fingerprint density at radius 1 is 1.40 bits per heavy atom. The van der Waals surface area contributed by atoms with Crippen LogP contribution in [0.2, 0.25) is 0 Å². The van der Waals surface area contributed by atoms with E-state index < -0.39 is 0 Å². The van der Waals surface area contributed by atoms with E-state index in [0.29, 0.717) is 45.3 Å². The Kier molecular flexibility index (Phi) is 6.21. The maximum absolute atomic E-state index is 13.2. The third-order valence-corrected chi connectivity index (χ3v) is 6.36. The number of anilines is 1. The number of amides is 1. The molecule has 2 aromatic heterocycles. The fraction of sp³-hybridized carbons (Fsp3) is 0.429. The molecule has 0 spiro atoms. The van der Waals surface area contributed by atoms with Crippen LogP contribution >= 0.6 is 24.0 Å². The van der Waals surface area contributed by atoms with Gasteiger partial charge < -0.3 is 10.1 Å². The maximum atomic E-state index is 13.2. The van der Waals surface area contributed by atoms with Gasteiger partial charge in [-0.15, -0.1) is 0 Å². The van der Waals surface area contributed by atoms with Gasteiger partial charge in [0.05, 0.1) is 16.6 Å². The molecule has 1 atom stereocenters. The number of thiocarbonyl (C=S) groups is 1. The van der Waals surface area contributed by atoms with Gasteiger partial charge in [-0.05, 0) is 37.0 Å². The van der Waals surface area contributed by atoms with Gasteiger partial charge in [0.15, 0.2) is 0 Å². The molecule has 7 nitrogen and oxygen atoms in total. The molecule has 4 heterocycles. The molecule has 0 unspecified atom stereocenters. The molecule has 4 rings (SSSR count). The highest BCUT2D eigenvalue weighted by Gasteiger charge is 2.33. The number of rotatable bonds is 6. The van der Waals surface area contributed by atoms with Gasteiger partial charge in [-0.2, -0.15) is 0 Å². The Morgan fingerprint density at radius 3 is 2.97 bits per heavy atom. The fourth-order valence-electron chi connectivity index (χ4n) is 3.54. The highest BCUT2D eigenvalue weighted by molar-refractivity contribution is 8.26. The highest BCUT2D eigenvalue weighted by Crippen LogP contribution is 2.33. The summed E-state index contributed by atoms with van der Waals surface area (Å²) in [5.74, 6) is 0.584. The largest absolute Gasteiger partial charge is 0.376 e. The lowest BCUT2D eigenvalue weighted by Crippen LogP contribution is -2.31. The zero-order chi connectivity index (χ0) is 21.3. The minimum absolute atomic E-state index is 0.0955. The number of hydrogen-bond acceptors (Lipinski definition) is 7. The zero-order valence-corrected chi connectivity index (χ0v) is 18.6. The van der Waals surface area contributed by atoms with Crippen molar-refractivity contribution in [1.29, 1.82) is 0 Å². The van der Waals surface area contributed by atoms with Crippen molar-refractivity contribution in [3.8, 4) is 0 Å². The first-order chi connectivity index (χ1) is 14.4. The summed E-state index contributed by atoms with van der Waals surface area (Å²) >= 11 is 6.62. The summed E-state index contributed by atoms with van der Waals surface area (Å²) in [7, 11) is 0. The van der Waals surface area contributed by atoms with Crippen LogP contribution < -0.4 is 10.9 Å². The Hall–Kier alpha value is -2.23. The summed E-state index contributed by atoms with van der Waals surface area (Å²) in [6, 6.07) is 5.40. The number of nitrogens with one attached hydrogen (secondary N) is 1. The number of hydrogen-bond donors (Lipinski definition) is 1. The molecule has 0 aliphatic carbocycles. The van der Waals surface area contributed by atoms with E-state index in [9.17, 15) is 9.59 Å². The highest BCUT2D eigenvalue weighted by atomic mass is 32.2. The molecule has 0 saturated carbocycles. The number of pyridine rings is 1. The van der Waals surface area contributed by atoms with Crippen LogP contribution in [0.15, 0.2) is 34.1 Å². The van der Waals surface area contributed by atoms with E-state index in [1.54, 1.807) is 29.3 Å². The molecule has 30 heavy (non-hydrogen) atoms. The second kappa shape index (κ2) is 8.87. The van der Waals surface area contributed by atoms with E-state index in [0.717, 1.165) is 19.4 Å². The Bertz CT molecular complexity index is 1070. The fourth-order valence-corrected chi connectivity index (χ4v) is 4.79. The summed E-state index contributed by atoms with van der Waals surface area (Å²) in [4.78, 5) is 32.8. The first-order valence-electron chi connectivity index (χ1n) is 10.1. The van der Waals surface area contributed by atoms with E-state index in [4.69, 9.17) is 17.0 Å². The predicted octanol–water partition coefficient (Wildman–Crippen LogP) is 3.14. The molecule has 2 saturated heterocycles. The van der Waals surface area contributed by atoms with Gasteiger partial charge in [0.2, 0.25) is 0 Å². The quantitative estimate of drug-likeness (QED) is 0.542. The molecule has 9 heteroatoms. The van der Waals surface area contributed by atoms with Crippen LogP contribution in [-0.4, -0.2) is 50.3 Å². The van der Waals surface area contributed by atoms with Gasteiger partial charge in [-0.3, -0.25) is 18.9 Å². The minimum atomic E-state index is -0.232. The zero-order valence-electron chi connectivity index (χ0n) is 17.0. The van der Waals surface area contributed by atoms with Crippen LogP contribution in [0.3, 0.4) is 0 Å². The van der Waals surface area contributed by atoms with Crippen molar-refractivity contribution < 1.29 is 9.53 Å². The van der Waals surface area contributed by atoms with Gasteiger partial charge in [-0.1, -0.05) is 43.9 Å². The molecule has 2 fully saturated rings. The summed E-state index contributed by atoms with van der Waals surface area (Å²) in [5, 5.41) is 3.27. The van der Waals surface area contributed by atoms with Crippen molar-refractivity contribution in [3.63, 3.8) is 0 Å². The average molecular weight is 445 g/mol. The lowest BCUT2D eigenvalue weighted by Gasteiger charge is -2.16. The van der Waals surface area contributed by atoms with Crippen molar-refractivity contribution in [1.82, 2.24) is 14.3 Å². The monoisotopic (exact) mass is 444 g/mol. The second-order valence-electron chi connectivity index (χ2n) is 7.81. The Morgan fingerprint density at radius 2 is 2.23 bits per heavy atom. The van der Waals surface area contributed by atoms with Gasteiger partial charge in [0.25, 0.3) is 11.5 Å². The van der Waals surface area contributed by atoms with E-state index in [1.807, 2.05) is 19.9 Å². The van der Waals surface area contributed by atoms with Crippen molar-refractivity contribution in [2.75, 3.05) is 25.0 Å². The number of aromatic nitrogens is 2. The first-order valence-corrected chi connectivity index (χ1v) is 11.3. The summed E-state index contributed by atoms with van der Waals surface area (Å²) in [6.45, 7) is 5.95. The van der Waals surface area contributed by atoms with Gasteiger partial charge in [0.1, 0.15) is 15.8 Å². The summed E-state index contributed by atoms with van der Waals surface area (Å²) in [5.41, 5.74) is 0.660. The average Bonchev–Trinajstić information content (AvgIpc) is 3.33. The Labute approximate surface area is 184 Å². The third-order valence-electron chi connectivity index (χ3n) is 4.99. The first kappa shape index (κ1) is 21.0. The van der Waals surface area contributed by atoms with Crippen LogP contribution in [-0.2, 0) is 9.53 Å². The molecule has 1 amide bonds. The molecule has 1 N–H and O–H groups in total. The standard InChI is InChI=1S/C21H24N4O3S2/c1-13(2)12-25-20(27)16(30-21(25)29)10-15-18(22-11-14-6-5-9-28-14)23-17-7-3-4-8-24(17)19(15)26/h3-4,7-8,10,13-14,22H,5-6,9,11-12H2,1-2H3/b16-10-/t14-/m1/s1. The molecule has 0 radical (unpaired) electrons. The van der Waals surface area contributed by atoms with E-state index in [-0.39, 0.29) is 17.6 Å². The Balaban J connectivity index is 1.73. The lowest BCUT2D eigenvalue weighted by atomic mass is 10.2. The van der Waals surface area contributed by atoms with Crippen LogP contribution in [0.5, 0.6) is 0 Å². The predicted molar refractivity (Wildman–Crippen MR) is 124 cm³/mol.